The van der Waals surface area contributed by atoms with Crippen LogP contribution in [0.15, 0.2) is 18.2 Å². The molecule has 5 rings (SSSR count). The maximum absolute atomic E-state index is 13.1. The molecule has 2 aromatic rings. The molecule has 0 radical (unpaired) electrons. The summed E-state index contributed by atoms with van der Waals surface area (Å²) in [6.45, 7) is 3.03. The van der Waals surface area contributed by atoms with Gasteiger partial charge in [-0.25, -0.2) is 4.79 Å². The molecular formula is C22H27ClN4O3. The molecule has 3 fully saturated rings. The monoisotopic (exact) mass is 430 g/mol. The molecule has 1 aromatic heterocycles. The van der Waals surface area contributed by atoms with Gasteiger partial charge < -0.3 is 14.5 Å². The number of urea groups is 1. The van der Waals surface area contributed by atoms with E-state index in [0.717, 1.165) is 48.9 Å². The number of amides is 2. The number of halogens is 1. The Bertz CT molecular complexity index is 982. The number of nitrogens with zero attached hydrogens (tertiary/aromatic N) is 4. The minimum Gasteiger partial charge on any atom is -0.370 e. The number of carbonyl (C=O) groups excluding carboxylic acids is 2. The number of carbonyl (C=O) groups is 2. The van der Waals surface area contributed by atoms with Crippen LogP contribution in [-0.2, 0) is 16.6 Å². The Morgan fingerprint density at radius 2 is 1.93 bits per heavy atom. The Labute approximate surface area is 180 Å². The molecule has 0 aliphatic carbocycles. The zero-order chi connectivity index (χ0) is 20.8. The zero-order valence-electron chi connectivity index (χ0n) is 17.2. The smallest absolute Gasteiger partial charge is 0.320 e. The largest absolute Gasteiger partial charge is 0.370 e. The lowest BCUT2D eigenvalue weighted by Gasteiger charge is -2.43. The van der Waals surface area contributed by atoms with Gasteiger partial charge in [0.15, 0.2) is 5.78 Å². The van der Waals surface area contributed by atoms with Gasteiger partial charge in [0.25, 0.3) is 0 Å². The van der Waals surface area contributed by atoms with Crippen molar-refractivity contribution in [1.82, 2.24) is 19.6 Å². The van der Waals surface area contributed by atoms with Crippen molar-refractivity contribution >= 4 is 34.3 Å². The summed E-state index contributed by atoms with van der Waals surface area (Å²) >= 11 is 6.15. The second-order valence-corrected chi connectivity index (χ2v) is 9.24. The molecular weight excluding hydrogens is 404 g/mol. The first-order chi connectivity index (χ1) is 14.5. The van der Waals surface area contributed by atoms with Gasteiger partial charge in [0.1, 0.15) is 6.61 Å². The topological polar surface area (TPSA) is 67.7 Å². The molecule has 1 aromatic carbocycles. The molecule has 0 spiro atoms. The Morgan fingerprint density at radius 3 is 2.73 bits per heavy atom. The molecule has 0 bridgehead atoms. The number of hydrogen-bond acceptors (Lipinski definition) is 4. The van der Waals surface area contributed by atoms with E-state index in [9.17, 15) is 9.59 Å². The van der Waals surface area contributed by atoms with Gasteiger partial charge in [-0.2, -0.15) is 5.10 Å². The molecule has 3 aliphatic rings. The fraction of sp³-hybridized carbons (Fsp3) is 0.591. The Balaban J connectivity index is 1.23. The minimum atomic E-state index is 0.0996. The molecule has 0 unspecified atom stereocenters. The minimum absolute atomic E-state index is 0.0996. The number of Topliss-reactive ketones (excluding diaryl/α,β-unsaturated/α-hetero) is 1. The normalized spacial score (nSPS) is 25.6. The summed E-state index contributed by atoms with van der Waals surface area (Å²) in [7, 11) is 1.95. The van der Waals surface area contributed by atoms with Crippen molar-refractivity contribution in [2.75, 3.05) is 32.8 Å². The van der Waals surface area contributed by atoms with E-state index in [1.54, 1.807) is 0 Å². The third-order valence-electron chi connectivity index (χ3n) is 6.88. The van der Waals surface area contributed by atoms with Crippen molar-refractivity contribution in [3.63, 3.8) is 0 Å². The van der Waals surface area contributed by atoms with Crippen LogP contribution in [0.3, 0.4) is 0 Å². The highest BCUT2D eigenvalue weighted by atomic mass is 35.5. The summed E-state index contributed by atoms with van der Waals surface area (Å²) < 4.78 is 7.55. The highest BCUT2D eigenvalue weighted by molar-refractivity contribution is 6.31. The number of benzene rings is 1. The average Bonchev–Trinajstić information content (AvgIpc) is 3.08. The Morgan fingerprint density at radius 1 is 1.17 bits per heavy atom. The van der Waals surface area contributed by atoms with Gasteiger partial charge in [-0.05, 0) is 37.5 Å². The van der Waals surface area contributed by atoms with E-state index in [1.165, 1.54) is 0 Å². The van der Waals surface area contributed by atoms with Gasteiger partial charge in [0.2, 0.25) is 0 Å². The van der Waals surface area contributed by atoms with E-state index in [1.807, 2.05) is 33.7 Å². The standard InChI is InChI=1S/C22H27ClN4O3/c1-25-19-11-16(23)2-3-18(19)21(24-25)14-4-7-26(8-5-14)22(29)27-9-6-20-15(12-27)10-17(28)13-30-20/h2-3,11,14-15,20H,4-10,12-13H2,1H3/t15-,20+/m1/s1. The molecule has 4 heterocycles. The molecule has 160 valence electrons. The fourth-order valence-corrected chi connectivity index (χ4v) is 5.42. The number of aryl methyl sites for hydroxylation is 1. The van der Waals surface area contributed by atoms with E-state index in [4.69, 9.17) is 21.4 Å². The van der Waals surface area contributed by atoms with E-state index >= 15 is 0 Å². The van der Waals surface area contributed by atoms with Gasteiger partial charge in [0, 0.05) is 61.9 Å². The highest BCUT2D eigenvalue weighted by Gasteiger charge is 2.38. The molecule has 0 N–H and O–H groups in total. The number of hydrogen-bond donors (Lipinski definition) is 0. The van der Waals surface area contributed by atoms with Crippen LogP contribution in [0.1, 0.15) is 37.3 Å². The van der Waals surface area contributed by atoms with Crippen LogP contribution in [0.4, 0.5) is 4.79 Å². The first-order valence-electron chi connectivity index (χ1n) is 10.8. The average molecular weight is 431 g/mol. The highest BCUT2D eigenvalue weighted by Crippen LogP contribution is 2.34. The lowest BCUT2D eigenvalue weighted by Crippen LogP contribution is -2.54. The maximum atomic E-state index is 13.1. The van der Waals surface area contributed by atoms with Crippen molar-refractivity contribution in [3.05, 3.63) is 28.9 Å². The summed E-state index contributed by atoms with van der Waals surface area (Å²) in [6.07, 6.45) is 3.29. The van der Waals surface area contributed by atoms with E-state index < -0.39 is 0 Å². The second kappa shape index (κ2) is 7.85. The SMILES string of the molecule is Cn1nc(C2CCN(C(=O)N3CC[C@@H]4OCC(=O)C[C@@H]4C3)CC2)c2ccc(Cl)cc21. The van der Waals surface area contributed by atoms with Crippen LogP contribution < -0.4 is 0 Å². The Hall–Kier alpha value is -2.12. The van der Waals surface area contributed by atoms with Gasteiger partial charge in [0.05, 0.1) is 17.3 Å². The Kier molecular flexibility index (Phi) is 5.19. The summed E-state index contributed by atoms with van der Waals surface area (Å²) in [5.41, 5.74) is 2.15. The van der Waals surface area contributed by atoms with Crippen molar-refractivity contribution < 1.29 is 14.3 Å². The summed E-state index contributed by atoms with van der Waals surface area (Å²) in [5, 5.41) is 6.63. The van der Waals surface area contributed by atoms with Gasteiger partial charge in [-0.15, -0.1) is 0 Å². The van der Waals surface area contributed by atoms with Crippen LogP contribution in [-0.4, -0.2) is 70.3 Å². The molecule has 8 heteroatoms. The number of ether oxygens (including phenoxy) is 1. The molecule has 2 amide bonds. The van der Waals surface area contributed by atoms with Crippen LogP contribution >= 0.6 is 11.6 Å². The number of ketones is 1. The predicted molar refractivity (Wildman–Crippen MR) is 114 cm³/mol. The second-order valence-electron chi connectivity index (χ2n) is 8.80. The molecule has 0 saturated carbocycles. The van der Waals surface area contributed by atoms with Crippen LogP contribution in [0.5, 0.6) is 0 Å². The summed E-state index contributed by atoms with van der Waals surface area (Å²) in [5.74, 6) is 0.637. The summed E-state index contributed by atoms with van der Waals surface area (Å²) in [6, 6.07) is 6.02. The summed E-state index contributed by atoms with van der Waals surface area (Å²) in [4.78, 5) is 28.7. The van der Waals surface area contributed by atoms with E-state index in [0.29, 0.717) is 30.5 Å². The first kappa shape index (κ1) is 19.8. The van der Waals surface area contributed by atoms with Crippen LogP contribution in [0.2, 0.25) is 5.02 Å². The fourth-order valence-electron chi connectivity index (χ4n) is 5.26. The third kappa shape index (κ3) is 3.58. The lowest BCUT2D eigenvalue weighted by atomic mass is 9.88. The number of piperidine rings is 2. The number of rotatable bonds is 1. The third-order valence-corrected chi connectivity index (χ3v) is 7.11. The molecule has 3 aliphatic heterocycles. The van der Waals surface area contributed by atoms with Crippen molar-refractivity contribution in [2.45, 2.75) is 37.7 Å². The number of likely N-dealkylation sites (tertiary alicyclic amines) is 2. The number of fused-ring (bicyclic) bond motifs is 2. The quantitative estimate of drug-likeness (QED) is 0.696. The van der Waals surface area contributed by atoms with Crippen LogP contribution in [0.25, 0.3) is 10.9 Å². The van der Waals surface area contributed by atoms with Gasteiger partial charge >= 0.3 is 6.03 Å². The van der Waals surface area contributed by atoms with E-state index in [2.05, 4.69) is 6.07 Å². The zero-order valence-corrected chi connectivity index (χ0v) is 18.0. The molecule has 7 nitrogen and oxygen atoms in total. The van der Waals surface area contributed by atoms with Crippen molar-refractivity contribution in [1.29, 1.82) is 0 Å². The number of aromatic nitrogens is 2. The molecule has 30 heavy (non-hydrogen) atoms. The molecule has 3 saturated heterocycles. The van der Waals surface area contributed by atoms with E-state index in [-0.39, 0.29) is 30.4 Å². The maximum Gasteiger partial charge on any atom is 0.320 e. The van der Waals surface area contributed by atoms with Crippen molar-refractivity contribution in [2.24, 2.45) is 13.0 Å². The van der Waals surface area contributed by atoms with Gasteiger partial charge in [-0.1, -0.05) is 11.6 Å². The predicted octanol–water partition coefficient (Wildman–Crippen LogP) is 3.21. The molecule has 2 atom stereocenters. The van der Waals surface area contributed by atoms with Gasteiger partial charge in [-0.3, -0.25) is 9.48 Å². The van der Waals surface area contributed by atoms with Crippen molar-refractivity contribution in [3.8, 4) is 0 Å². The van der Waals surface area contributed by atoms with Crippen LogP contribution in [0, 0.1) is 5.92 Å². The first-order valence-corrected chi connectivity index (χ1v) is 11.2. The lowest BCUT2D eigenvalue weighted by molar-refractivity contribution is -0.139.